The van der Waals surface area contributed by atoms with E-state index in [0.717, 1.165) is 16.9 Å². The van der Waals surface area contributed by atoms with E-state index in [0.29, 0.717) is 25.4 Å². The van der Waals surface area contributed by atoms with Gasteiger partial charge in [-0.1, -0.05) is 13.0 Å². The molecule has 2 N–H and O–H groups in total. The molecular weight excluding hydrogens is 512 g/mol. The van der Waals surface area contributed by atoms with Crippen molar-refractivity contribution in [3.8, 4) is 5.75 Å². The van der Waals surface area contributed by atoms with Crippen molar-refractivity contribution < 1.29 is 23.1 Å². The number of ether oxygens (including phenoxy) is 1. The van der Waals surface area contributed by atoms with E-state index < -0.39 is 16.1 Å². The number of aliphatic hydroxyl groups is 1. The van der Waals surface area contributed by atoms with E-state index >= 15 is 0 Å². The molecule has 198 valence electrons. The number of amides is 1. The minimum atomic E-state index is -3.78. The number of sulfonamides is 1. The lowest BCUT2D eigenvalue weighted by Gasteiger charge is -2.38. The Hall–Kier alpha value is -2.99. The van der Waals surface area contributed by atoms with E-state index in [4.69, 9.17) is 4.74 Å². The summed E-state index contributed by atoms with van der Waals surface area (Å²) in [5.41, 5.74) is 1.64. The third-order valence-electron chi connectivity index (χ3n) is 6.37. The SMILES string of the molecule is C[C@@H]1CN([C@@H](C)CO)C(=O)c2cc(NS(=O)(=O)c3cccs3)ccc2O[C@@H]1CN(C)Cc1ccncc1. The number of hydrogen-bond acceptors (Lipinski definition) is 8. The summed E-state index contributed by atoms with van der Waals surface area (Å²) in [5, 5.41) is 11.5. The van der Waals surface area contributed by atoms with Gasteiger partial charge in [0, 0.05) is 43.6 Å². The second-order valence-electron chi connectivity index (χ2n) is 9.42. The Labute approximate surface area is 221 Å². The predicted molar refractivity (Wildman–Crippen MR) is 143 cm³/mol. The average molecular weight is 545 g/mol. The Balaban J connectivity index is 1.63. The molecule has 9 nitrogen and oxygen atoms in total. The third-order valence-corrected chi connectivity index (χ3v) is 9.15. The quantitative estimate of drug-likeness (QED) is 0.425. The summed E-state index contributed by atoms with van der Waals surface area (Å²) in [6.07, 6.45) is 3.28. The Morgan fingerprint density at radius 1 is 1.27 bits per heavy atom. The molecule has 2 aromatic heterocycles. The van der Waals surface area contributed by atoms with Gasteiger partial charge in [-0.25, -0.2) is 8.42 Å². The number of aliphatic hydroxyl groups excluding tert-OH is 1. The van der Waals surface area contributed by atoms with E-state index in [2.05, 4.69) is 14.6 Å². The molecule has 0 aliphatic carbocycles. The number of carbonyl (C=O) groups excluding carboxylic acids is 1. The lowest BCUT2D eigenvalue weighted by Crippen LogP contribution is -2.49. The van der Waals surface area contributed by atoms with Gasteiger partial charge in [0.15, 0.2) is 0 Å². The molecule has 3 atom stereocenters. The molecule has 3 heterocycles. The molecule has 0 spiro atoms. The Kier molecular flexibility index (Phi) is 8.48. The van der Waals surface area contributed by atoms with E-state index in [-0.39, 0.29) is 40.0 Å². The molecule has 0 bridgehead atoms. The first-order valence-corrected chi connectivity index (χ1v) is 14.4. The second-order valence-corrected chi connectivity index (χ2v) is 12.3. The number of thiophene rings is 1. The van der Waals surface area contributed by atoms with Gasteiger partial charge < -0.3 is 14.7 Å². The highest BCUT2D eigenvalue weighted by Gasteiger charge is 2.33. The maximum absolute atomic E-state index is 13.6. The van der Waals surface area contributed by atoms with Crippen LogP contribution in [0.15, 0.2) is 64.4 Å². The average Bonchev–Trinajstić information content (AvgIpc) is 3.43. The lowest BCUT2D eigenvalue weighted by atomic mass is 9.99. The van der Waals surface area contributed by atoms with E-state index in [1.165, 1.54) is 12.1 Å². The van der Waals surface area contributed by atoms with Gasteiger partial charge in [-0.3, -0.25) is 19.4 Å². The molecule has 3 aromatic rings. The fourth-order valence-corrected chi connectivity index (χ4v) is 6.34. The van der Waals surface area contributed by atoms with Crippen LogP contribution < -0.4 is 9.46 Å². The monoisotopic (exact) mass is 544 g/mol. The molecule has 1 aliphatic heterocycles. The van der Waals surface area contributed by atoms with Crippen LogP contribution in [0, 0.1) is 5.92 Å². The van der Waals surface area contributed by atoms with Crippen molar-refractivity contribution in [2.75, 3.05) is 31.5 Å². The number of fused-ring (bicyclic) bond motifs is 1. The maximum atomic E-state index is 13.6. The minimum absolute atomic E-state index is 0.0250. The number of aromatic nitrogens is 1. The van der Waals surface area contributed by atoms with Gasteiger partial charge in [0.2, 0.25) is 0 Å². The first-order valence-electron chi connectivity index (χ1n) is 12.0. The maximum Gasteiger partial charge on any atom is 0.271 e. The molecule has 1 aliphatic rings. The van der Waals surface area contributed by atoms with Crippen LogP contribution in [-0.4, -0.2) is 73.1 Å². The first-order chi connectivity index (χ1) is 17.7. The minimum Gasteiger partial charge on any atom is -0.488 e. The Bertz CT molecular complexity index is 1300. The fourth-order valence-electron chi connectivity index (χ4n) is 4.30. The smallest absolute Gasteiger partial charge is 0.271 e. The van der Waals surface area contributed by atoms with Crippen molar-refractivity contribution in [2.45, 2.75) is 36.7 Å². The molecule has 0 saturated carbocycles. The van der Waals surface area contributed by atoms with Crippen LogP contribution in [0.3, 0.4) is 0 Å². The summed E-state index contributed by atoms with van der Waals surface area (Å²) in [6, 6.07) is 11.4. The van der Waals surface area contributed by atoms with Crippen LogP contribution in [0.2, 0.25) is 0 Å². The number of nitrogens with zero attached hydrogens (tertiary/aromatic N) is 3. The fraction of sp³-hybridized carbons (Fsp3) is 0.385. The van der Waals surface area contributed by atoms with Crippen molar-refractivity contribution in [3.63, 3.8) is 0 Å². The standard InChI is InChI=1S/C26H32N4O5S2/c1-18-14-30(19(2)17-31)26(32)22-13-21(28-37(33,34)25-5-4-12-36-25)6-7-23(22)35-24(18)16-29(3)15-20-8-10-27-11-9-20/h4-13,18-19,24,28,31H,14-17H2,1-3H3/t18-,19+,24-/m1/s1. The first kappa shape index (κ1) is 27.1. The van der Waals surface area contributed by atoms with Crippen LogP contribution >= 0.6 is 11.3 Å². The third kappa shape index (κ3) is 6.48. The zero-order chi connectivity index (χ0) is 26.6. The molecular formula is C26H32N4O5S2. The lowest BCUT2D eigenvalue weighted by molar-refractivity contribution is 0.0341. The Morgan fingerprint density at radius 3 is 2.70 bits per heavy atom. The molecule has 4 rings (SSSR count). The van der Waals surface area contributed by atoms with Crippen molar-refractivity contribution in [2.24, 2.45) is 5.92 Å². The molecule has 0 saturated heterocycles. The van der Waals surface area contributed by atoms with Gasteiger partial charge in [0.05, 0.1) is 18.2 Å². The molecule has 1 amide bonds. The van der Waals surface area contributed by atoms with Crippen LogP contribution in [0.1, 0.15) is 29.8 Å². The van der Waals surface area contributed by atoms with Gasteiger partial charge in [-0.15, -0.1) is 11.3 Å². The van der Waals surface area contributed by atoms with Crippen LogP contribution in [-0.2, 0) is 16.6 Å². The van der Waals surface area contributed by atoms with Gasteiger partial charge >= 0.3 is 0 Å². The van der Waals surface area contributed by atoms with Crippen molar-refractivity contribution in [3.05, 3.63) is 71.4 Å². The van der Waals surface area contributed by atoms with Crippen LogP contribution in [0.5, 0.6) is 5.75 Å². The molecule has 0 unspecified atom stereocenters. The predicted octanol–water partition coefficient (Wildman–Crippen LogP) is 3.30. The summed E-state index contributed by atoms with van der Waals surface area (Å²) < 4.78 is 34.7. The van der Waals surface area contributed by atoms with Gasteiger partial charge in [0.25, 0.3) is 15.9 Å². The Morgan fingerprint density at radius 2 is 2.03 bits per heavy atom. The zero-order valence-corrected chi connectivity index (χ0v) is 22.7. The molecule has 0 fully saturated rings. The van der Waals surface area contributed by atoms with Crippen molar-refractivity contribution in [1.29, 1.82) is 0 Å². The number of benzene rings is 1. The molecule has 37 heavy (non-hydrogen) atoms. The van der Waals surface area contributed by atoms with E-state index in [1.807, 2.05) is 26.1 Å². The van der Waals surface area contributed by atoms with E-state index in [9.17, 15) is 18.3 Å². The number of nitrogens with one attached hydrogen (secondary N) is 1. The summed E-state index contributed by atoms with van der Waals surface area (Å²) in [5.74, 6) is 0.0419. The summed E-state index contributed by atoms with van der Waals surface area (Å²) in [6.45, 7) is 5.34. The highest BCUT2D eigenvalue weighted by Crippen LogP contribution is 2.32. The summed E-state index contributed by atoms with van der Waals surface area (Å²) >= 11 is 1.11. The number of carbonyl (C=O) groups is 1. The number of likely N-dealkylation sites (N-methyl/N-ethyl adjacent to an activating group) is 1. The van der Waals surface area contributed by atoms with Crippen LogP contribution in [0.25, 0.3) is 0 Å². The van der Waals surface area contributed by atoms with Crippen molar-refractivity contribution in [1.82, 2.24) is 14.8 Å². The number of anilines is 1. The summed E-state index contributed by atoms with van der Waals surface area (Å²) in [7, 11) is -1.77. The second kappa shape index (κ2) is 11.6. The number of hydrogen-bond donors (Lipinski definition) is 2. The van der Waals surface area contributed by atoms with Crippen LogP contribution in [0.4, 0.5) is 5.69 Å². The topological polar surface area (TPSA) is 112 Å². The van der Waals surface area contributed by atoms with E-state index in [1.54, 1.807) is 47.8 Å². The number of pyridine rings is 1. The normalized spacial score (nSPS) is 19.1. The molecule has 0 radical (unpaired) electrons. The highest BCUT2D eigenvalue weighted by atomic mass is 32.2. The van der Waals surface area contributed by atoms with Crippen molar-refractivity contribution >= 4 is 33.0 Å². The zero-order valence-electron chi connectivity index (χ0n) is 21.1. The summed E-state index contributed by atoms with van der Waals surface area (Å²) in [4.78, 5) is 21.5. The highest BCUT2D eigenvalue weighted by molar-refractivity contribution is 7.94. The van der Waals surface area contributed by atoms with Gasteiger partial charge in [-0.05, 0) is 61.3 Å². The molecule has 11 heteroatoms. The molecule has 1 aromatic carbocycles. The van der Waals surface area contributed by atoms with Gasteiger partial charge in [-0.2, -0.15) is 0 Å². The largest absolute Gasteiger partial charge is 0.488 e. The van der Waals surface area contributed by atoms with Gasteiger partial charge in [0.1, 0.15) is 16.1 Å². The number of rotatable bonds is 9.